The van der Waals surface area contributed by atoms with Gasteiger partial charge in [0.1, 0.15) is 5.69 Å². The lowest BCUT2D eigenvalue weighted by Crippen LogP contribution is -2.43. The summed E-state index contributed by atoms with van der Waals surface area (Å²) in [6.07, 6.45) is 1.61. The number of aromatic nitrogens is 4. The SMILES string of the molecule is Cc1cnn(C)c1-c1nc([C@@H]2C(F)(F)C23CCN(S(N)(=O)=O)CC3)no1. The highest BCUT2D eigenvalue weighted by Crippen LogP contribution is 2.75. The molecule has 0 unspecified atom stereocenters. The predicted octanol–water partition coefficient (Wildman–Crippen LogP) is 0.797. The van der Waals surface area contributed by atoms with Gasteiger partial charge in [0.25, 0.3) is 22.0 Å². The molecule has 1 aliphatic carbocycles. The molecule has 1 atom stereocenters. The maximum atomic E-state index is 14.6. The van der Waals surface area contributed by atoms with Crippen LogP contribution in [0.25, 0.3) is 11.6 Å². The van der Waals surface area contributed by atoms with E-state index in [1.807, 2.05) is 6.92 Å². The number of rotatable bonds is 3. The number of hydrogen-bond donors (Lipinski definition) is 1. The van der Waals surface area contributed by atoms with Gasteiger partial charge in [0, 0.05) is 20.1 Å². The van der Waals surface area contributed by atoms with E-state index in [9.17, 15) is 17.2 Å². The molecule has 2 N–H and O–H groups in total. The second-order valence-corrected chi connectivity index (χ2v) is 8.46. The first-order chi connectivity index (χ1) is 12.1. The minimum Gasteiger partial charge on any atom is -0.332 e. The van der Waals surface area contributed by atoms with Gasteiger partial charge >= 0.3 is 0 Å². The van der Waals surface area contributed by atoms with Crippen LogP contribution in [0.4, 0.5) is 8.78 Å². The molecule has 4 rings (SSSR count). The molecule has 1 saturated carbocycles. The topological polar surface area (TPSA) is 120 Å². The van der Waals surface area contributed by atoms with Crippen molar-refractivity contribution in [2.75, 3.05) is 13.1 Å². The van der Waals surface area contributed by atoms with Gasteiger partial charge in [0.15, 0.2) is 5.82 Å². The summed E-state index contributed by atoms with van der Waals surface area (Å²) in [5.74, 6) is -4.13. The van der Waals surface area contributed by atoms with E-state index in [0.29, 0.717) is 5.69 Å². The minimum absolute atomic E-state index is 0.00426. The summed E-state index contributed by atoms with van der Waals surface area (Å²) < 4.78 is 59.8. The lowest BCUT2D eigenvalue weighted by atomic mass is 9.91. The maximum Gasteiger partial charge on any atom is 0.276 e. The summed E-state index contributed by atoms with van der Waals surface area (Å²) in [4.78, 5) is 4.17. The molecule has 2 aromatic heterocycles. The third-order valence-corrected chi connectivity index (χ3v) is 6.58. The zero-order chi connectivity index (χ0) is 18.9. The van der Waals surface area contributed by atoms with E-state index in [4.69, 9.17) is 9.66 Å². The molecule has 0 radical (unpaired) electrons. The smallest absolute Gasteiger partial charge is 0.276 e. The van der Waals surface area contributed by atoms with Crippen LogP contribution in [0.15, 0.2) is 10.7 Å². The van der Waals surface area contributed by atoms with Crippen LogP contribution >= 0.6 is 0 Å². The molecule has 9 nitrogen and oxygen atoms in total. The Balaban J connectivity index is 1.60. The second-order valence-electron chi connectivity index (χ2n) is 6.91. The lowest BCUT2D eigenvalue weighted by Gasteiger charge is -2.30. The van der Waals surface area contributed by atoms with Crippen molar-refractivity contribution < 1.29 is 21.7 Å². The Morgan fingerprint density at radius 3 is 2.54 bits per heavy atom. The van der Waals surface area contributed by atoms with Crippen molar-refractivity contribution in [1.29, 1.82) is 0 Å². The zero-order valence-corrected chi connectivity index (χ0v) is 15.0. The van der Waals surface area contributed by atoms with Gasteiger partial charge in [0.05, 0.1) is 17.5 Å². The van der Waals surface area contributed by atoms with Gasteiger partial charge in [-0.05, 0) is 25.3 Å². The van der Waals surface area contributed by atoms with Crippen LogP contribution in [0.1, 0.15) is 30.1 Å². The van der Waals surface area contributed by atoms with Crippen LogP contribution in [0.2, 0.25) is 0 Å². The van der Waals surface area contributed by atoms with E-state index in [1.165, 1.54) is 4.68 Å². The molecule has 2 fully saturated rings. The fourth-order valence-electron chi connectivity index (χ4n) is 3.98. The molecule has 142 valence electrons. The van der Waals surface area contributed by atoms with Gasteiger partial charge in [0.2, 0.25) is 0 Å². The summed E-state index contributed by atoms with van der Waals surface area (Å²) in [5.41, 5.74) is 0.0175. The monoisotopic (exact) mass is 388 g/mol. The van der Waals surface area contributed by atoms with Crippen LogP contribution < -0.4 is 5.14 Å². The Morgan fingerprint density at radius 2 is 2.00 bits per heavy atom. The molecule has 3 heterocycles. The molecule has 1 aliphatic heterocycles. The maximum absolute atomic E-state index is 14.6. The summed E-state index contributed by atoms with van der Waals surface area (Å²) in [5, 5.41) is 12.9. The highest BCUT2D eigenvalue weighted by molar-refractivity contribution is 7.86. The molecule has 26 heavy (non-hydrogen) atoms. The number of piperidine rings is 1. The van der Waals surface area contributed by atoms with Gasteiger partial charge in [-0.15, -0.1) is 0 Å². The van der Waals surface area contributed by atoms with Crippen molar-refractivity contribution in [2.45, 2.75) is 31.6 Å². The van der Waals surface area contributed by atoms with E-state index in [1.54, 1.807) is 13.2 Å². The summed E-state index contributed by atoms with van der Waals surface area (Å²) in [6, 6.07) is 0. The Bertz CT molecular complexity index is 942. The van der Waals surface area contributed by atoms with Crippen molar-refractivity contribution in [3.8, 4) is 11.6 Å². The number of hydrogen-bond acceptors (Lipinski definition) is 6. The van der Waals surface area contributed by atoms with Crippen LogP contribution in [-0.2, 0) is 17.3 Å². The molecule has 0 amide bonds. The highest BCUT2D eigenvalue weighted by atomic mass is 32.2. The lowest BCUT2D eigenvalue weighted by molar-refractivity contribution is 0.0411. The quantitative estimate of drug-likeness (QED) is 0.830. The molecule has 12 heteroatoms. The third kappa shape index (κ3) is 2.32. The third-order valence-electron chi connectivity index (χ3n) is 5.49. The highest BCUT2D eigenvalue weighted by Gasteiger charge is 2.82. The Labute approximate surface area is 148 Å². The molecule has 0 aromatic carbocycles. The molecule has 1 saturated heterocycles. The number of aryl methyl sites for hydroxylation is 2. The zero-order valence-electron chi connectivity index (χ0n) is 14.2. The van der Waals surface area contributed by atoms with Crippen LogP contribution in [0, 0.1) is 12.3 Å². The molecular weight excluding hydrogens is 370 g/mol. The number of alkyl halides is 2. The summed E-state index contributed by atoms with van der Waals surface area (Å²) in [6.45, 7) is 1.72. The average molecular weight is 388 g/mol. The Kier molecular flexibility index (Phi) is 3.57. The normalized spacial score (nSPS) is 24.9. The van der Waals surface area contributed by atoms with Crippen molar-refractivity contribution in [2.24, 2.45) is 17.6 Å². The van der Waals surface area contributed by atoms with Crippen LogP contribution in [0.3, 0.4) is 0 Å². The van der Waals surface area contributed by atoms with Gasteiger partial charge in [-0.2, -0.15) is 22.8 Å². The van der Waals surface area contributed by atoms with Gasteiger partial charge < -0.3 is 4.52 Å². The summed E-state index contributed by atoms with van der Waals surface area (Å²) >= 11 is 0. The van der Waals surface area contributed by atoms with Crippen molar-refractivity contribution >= 4 is 10.2 Å². The van der Waals surface area contributed by atoms with Gasteiger partial charge in [-0.25, -0.2) is 13.9 Å². The molecular formula is C14H18F2N6O3S. The molecule has 0 bridgehead atoms. The number of nitrogens with two attached hydrogens (primary N) is 1. The fourth-order valence-corrected chi connectivity index (χ4v) is 4.67. The first-order valence-electron chi connectivity index (χ1n) is 8.06. The number of halogens is 2. The Hall–Kier alpha value is -1.92. The molecule has 2 aromatic rings. The Morgan fingerprint density at radius 1 is 1.35 bits per heavy atom. The minimum atomic E-state index is -3.87. The van der Waals surface area contributed by atoms with Gasteiger partial charge in [-0.3, -0.25) is 4.68 Å². The standard InChI is InChI=1S/C14H18F2N6O3S/c1-8-7-18-21(2)9(8)12-19-11(20-25-12)10-13(14(10,15)16)3-5-22(6-4-13)26(17,23)24/h7,10H,3-6H2,1-2H3,(H2,17,23,24)/t10-/m0/s1. The first kappa shape index (κ1) is 17.5. The van der Waals surface area contributed by atoms with E-state index < -0.39 is 27.5 Å². The van der Waals surface area contributed by atoms with Crippen molar-refractivity contribution in [3.63, 3.8) is 0 Å². The van der Waals surface area contributed by atoms with Crippen LogP contribution in [-0.4, -0.2) is 51.7 Å². The van der Waals surface area contributed by atoms with E-state index in [0.717, 1.165) is 9.87 Å². The van der Waals surface area contributed by atoms with E-state index in [2.05, 4.69) is 15.2 Å². The van der Waals surface area contributed by atoms with Crippen LogP contribution in [0.5, 0.6) is 0 Å². The molecule has 2 aliphatic rings. The first-order valence-corrected chi connectivity index (χ1v) is 9.56. The fraction of sp³-hybridized carbons (Fsp3) is 0.643. The second kappa shape index (κ2) is 5.30. The average Bonchev–Trinajstić information content (AvgIpc) is 2.94. The summed E-state index contributed by atoms with van der Waals surface area (Å²) in [7, 11) is -2.18. The van der Waals surface area contributed by atoms with Crippen molar-refractivity contribution in [1.82, 2.24) is 24.2 Å². The molecule has 1 spiro atoms. The number of nitrogens with zero attached hydrogens (tertiary/aromatic N) is 5. The predicted molar refractivity (Wildman–Crippen MR) is 85.3 cm³/mol. The largest absolute Gasteiger partial charge is 0.332 e. The van der Waals surface area contributed by atoms with E-state index >= 15 is 0 Å². The van der Waals surface area contributed by atoms with E-state index in [-0.39, 0.29) is 37.6 Å². The van der Waals surface area contributed by atoms with Gasteiger partial charge in [-0.1, -0.05) is 5.16 Å². The van der Waals surface area contributed by atoms with Crippen molar-refractivity contribution in [3.05, 3.63) is 17.6 Å².